The highest BCUT2D eigenvalue weighted by molar-refractivity contribution is 5.77. The molecule has 0 spiro atoms. The highest BCUT2D eigenvalue weighted by atomic mass is 19.4. The fourth-order valence-corrected chi connectivity index (χ4v) is 4.27. The number of nitrogens with zero attached hydrogens (tertiary/aromatic N) is 4. The van der Waals surface area contributed by atoms with Gasteiger partial charge in [0.15, 0.2) is 11.5 Å². The number of likely N-dealkylation sites (N-methyl/N-ethyl adjacent to an activating group) is 1. The van der Waals surface area contributed by atoms with Gasteiger partial charge in [-0.2, -0.15) is 31.4 Å². The van der Waals surface area contributed by atoms with Gasteiger partial charge >= 0.3 is 24.3 Å². The first kappa shape index (κ1) is 33.4. The lowest BCUT2D eigenvalue weighted by Gasteiger charge is -2.33. The standard InChI is InChI=1S/C21H27N5O3.2C2HF3O2/c1-24-8-10-25(11-9-24)6-5-20(27)26-7-4-17-16(13-26)21(23-22-17)15-2-3-18-19(12-15)29-14-28-18;2*3-2(4,5)1(6)7/h2-3,12H,4-11,13-14H2,1H3,(H,22,23);2*(H,6,7). The molecule has 1 aromatic carbocycles. The minimum Gasteiger partial charge on any atom is -0.475 e. The van der Waals surface area contributed by atoms with E-state index in [9.17, 15) is 31.1 Å². The van der Waals surface area contributed by atoms with E-state index in [0.29, 0.717) is 13.0 Å². The van der Waals surface area contributed by atoms with Crippen molar-refractivity contribution in [1.29, 1.82) is 0 Å². The van der Waals surface area contributed by atoms with E-state index < -0.39 is 24.3 Å². The van der Waals surface area contributed by atoms with Crippen molar-refractivity contribution >= 4 is 17.8 Å². The molecule has 3 aliphatic heterocycles. The fraction of sp³-hybridized carbons (Fsp3) is 0.520. The summed E-state index contributed by atoms with van der Waals surface area (Å²) < 4.78 is 74.4. The SMILES string of the molecule is CN1CCN(CCC(=O)N2CCc3[nH]nc(-c4ccc5c(c4)OCO5)c3C2)CC1.O=C(O)C(F)(F)F.O=C(O)C(F)(F)F. The van der Waals surface area contributed by atoms with Gasteiger partial charge in [-0.1, -0.05) is 0 Å². The number of fused-ring (bicyclic) bond motifs is 2. The first-order chi connectivity index (χ1) is 20.1. The monoisotopic (exact) mass is 625 g/mol. The van der Waals surface area contributed by atoms with Crippen LogP contribution in [0.3, 0.4) is 0 Å². The van der Waals surface area contributed by atoms with Crippen molar-refractivity contribution in [2.75, 3.05) is 53.1 Å². The molecule has 1 aromatic heterocycles. The molecular weight excluding hydrogens is 596 g/mol. The number of hydrogen-bond donors (Lipinski definition) is 3. The summed E-state index contributed by atoms with van der Waals surface area (Å²) in [6, 6.07) is 5.88. The molecule has 3 aliphatic rings. The van der Waals surface area contributed by atoms with Gasteiger partial charge in [-0.3, -0.25) is 9.89 Å². The summed E-state index contributed by atoms with van der Waals surface area (Å²) >= 11 is 0. The van der Waals surface area contributed by atoms with Crippen LogP contribution in [0.25, 0.3) is 11.3 Å². The lowest BCUT2D eigenvalue weighted by atomic mass is 10.0. The van der Waals surface area contributed by atoms with Gasteiger partial charge in [-0.25, -0.2) is 9.59 Å². The van der Waals surface area contributed by atoms with E-state index in [1.54, 1.807) is 0 Å². The molecule has 1 saturated heterocycles. The molecule has 0 radical (unpaired) electrons. The third-order valence-electron chi connectivity index (χ3n) is 6.65. The number of amides is 1. The predicted molar refractivity (Wildman–Crippen MR) is 135 cm³/mol. The van der Waals surface area contributed by atoms with Crippen LogP contribution in [0.2, 0.25) is 0 Å². The van der Waals surface area contributed by atoms with Crippen LogP contribution in [0.1, 0.15) is 17.7 Å². The Morgan fingerprint density at radius 2 is 1.51 bits per heavy atom. The zero-order valence-corrected chi connectivity index (χ0v) is 22.8. The lowest BCUT2D eigenvalue weighted by Crippen LogP contribution is -2.46. The van der Waals surface area contributed by atoms with E-state index >= 15 is 0 Å². The van der Waals surface area contributed by atoms with Gasteiger partial charge in [0.25, 0.3) is 0 Å². The van der Waals surface area contributed by atoms with E-state index in [2.05, 4.69) is 27.0 Å². The number of carbonyl (C=O) groups excluding carboxylic acids is 1. The maximum absolute atomic E-state index is 12.9. The molecular formula is C25H29F6N5O7. The van der Waals surface area contributed by atoms with Gasteiger partial charge in [0.2, 0.25) is 12.7 Å². The van der Waals surface area contributed by atoms with Crippen molar-refractivity contribution in [3.05, 3.63) is 29.5 Å². The molecule has 0 atom stereocenters. The normalized spacial score (nSPS) is 16.8. The summed E-state index contributed by atoms with van der Waals surface area (Å²) in [5, 5.41) is 22.0. The van der Waals surface area contributed by atoms with E-state index in [1.165, 1.54) is 0 Å². The van der Waals surface area contributed by atoms with E-state index in [0.717, 1.165) is 79.7 Å². The largest absolute Gasteiger partial charge is 0.490 e. The van der Waals surface area contributed by atoms with Crippen LogP contribution in [0, 0.1) is 0 Å². The van der Waals surface area contributed by atoms with Gasteiger partial charge in [-0.15, -0.1) is 0 Å². The Bertz CT molecular complexity index is 1270. The van der Waals surface area contributed by atoms with E-state index in [1.807, 2.05) is 23.1 Å². The van der Waals surface area contributed by atoms with Crippen LogP contribution in [0.5, 0.6) is 11.5 Å². The molecule has 0 bridgehead atoms. The van der Waals surface area contributed by atoms with Gasteiger partial charge in [0.05, 0.1) is 5.69 Å². The van der Waals surface area contributed by atoms with E-state index in [4.69, 9.17) is 29.3 Å². The second kappa shape index (κ2) is 13.9. The van der Waals surface area contributed by atoms with Crippen molar-refractivity contribution in [3.63, 3.8) is 0 Å². The Hall–Kier alpha value is -4.06. The van der Waals surface area contributed by atoms with Crippen LogP contribution in [-0.2, 0) is 27.3 Å². The highest BCUT2D eigenvalue weighted by Crippen LogP contribution is 2.37. The smallest absolute Gasteiger partial charge is 0.475 e. The molecule has 238 valence electrons. The predicted octanol–water partition coefficient (Wildman–Crippen LogP) is 2.59. The highest BCUT2D eigenvalue weighted by Gasteiger charge is 2.39. The number of carboxylic acid groups (broad SMARTS) is 2. The van der Waals surface area contributed by atoms with Crippen LogP contribution in [-0.4, -0.2) is 118 Å². The molecule has 1 amide bonds. The molecule has 0 saturated carbocycles. The first-order valence-electron chi connectivity index (χ1n) is 12.8. The number of benzene rings is 1. The number of nitrogens with one attached hydrogen (secondary N) is 1. The number of aromatic amines is 1. The number of ether oxygens (including phenoxy) is 2. The Morgan fingerprint density at radius 3 is 2.09 bits per heavy atom. The number of piperazine rings is 1. The van der Waals surface area contributed by atoms with Gasteiger partial charge in [0.1, 0.15) is 0 Å². The number of aromatic nitrogens is 2. The zero-order chi connectivity index (χ0) is 31.9. The van der Waals surface area contributed by atoms with Crippen LogP contribution >= 0.6 is 0 Å². The minimum atomic E-state index is -5.08. The molecule has 3 N–H and O–H groups in total. The fourth-order valence-electron chi connectivity index (χ4n) is 4.27. The zero-order valence-electron chi connectivity index (χ0n) is 22.8. The molecule has 5 rings (SSSR count). The summed E-state index contributed by atoms with van der Waals surface area (Å²) in [6.07, 6.45) is -8.77. The molecule has 0 aliphatic carbocycles. The van der Waals surface area contributed by atoms with E-state index in [-0.39, 0.29) is 12.7 Å². The summed E-state index contributed by atoms with van der Waals surface area (Å²) in [5.74, 6) is -3.78. The summed E-state index contributed by atoms with van der Waals surface area (Å²) in [7, 11) is 2.15. The van der Waals surface area contributed by atoms with Gasteiger partial charge < -0.3 is 34.4 Å². The number of carbonyl (C=O) groups is 3. The van der Waals surface area contributed by atoms with Crippen molar-refractivity contribution in [2.45, 2.75) is 31.7 Å². The second-order valence-corrected chi connectivity index (χ2v) is 9.66. The van der Waals surface area contributed by atoms with Crippen molar-refractivity contribution < 1.29 is 60.4 Å². The molecule has 18 heteroatoms. The van der Waals surface area contributed by atoms with Crippen LogP contribution < -0.4 is 9.47 Å². The third-order valence-corrected chi connectivity index (χ3v) is 6.65. The number of H-pyrrole nitrogens is 1. The number of carboxylic acids is 2. The number of hydrogen-bond acceptors (Lipinski definition) is 8. The van der Waals surface area contributed by atoms with Gasteiger partial charge in [0, 0.05) is 75.5 Å². The Kier molecular flexibility index (Phi) is 10.8. The average molecular weight is 626 g/mol. The Balaban J connectivity index is 0.000000303. The topological polar surface area (TPSA) is 149 Å². The van der Waals surface area contributed by atoms with Crippen LogP contribution in [0.15, 0.2) is 18.2 Å². The van der Waals surface area contributed by atoms with Crippen molar-refractivity contribution in [3.8, 4) is 22.8 Å². The number of aliphatic carboxylic acids is 2. The maximum Gasteiger partial charge on any atom is 0.490 e. The van der Waals surface area contributed by atoms with Crippen molar-refractivity contribution in [2.24, 2.45) is 0 Å². The summed E-state index contributed by atoms with van der Waals surface area (Å²) in [5.41, 5.74) is 4.12. The maximum atomic E-state index is 12.9. The molecule has 2 aromatic rings. The van der Waals surface area contributed by atoms with Crippen LogP contribution in [0.4, 0.5) is 26.3 Å². The molecule has 12 nitrogen and oxygen atoms in total. The summed E-state index contributed by atoms with van der Waals surface area (Å²) in [6.45, 7) is 6.70. The quantitative estimate of drug-likeness (QED) is 0.433. The third kappa shape index (κ3) is 9.47. The molecule has 1 fully saturated rings. The average Bonchev–Trinajstić information content (AvgIpc) is 3.58. The van der Waals surface area contributed by atoms with Gasteiger partial charge in [-0.05, 0) is 25.2 Å². The number of alkyl halides is 6. The first-order valence-corrected chi connectivity index (χ1v) is 12.8. The summed E-state index contributed by atoms with van der Waals surface area (Å²) in [4.78, 5) is 37.4. The Morgan fingerprint density at radius 1 is 0.930 bits per heavy atom. The number of rotatable bonds is 4. The van der Waals surface area contributed by atoms with Crippen molar-refractivity contribution in [1.82, 2.24) is 24.9 Å². The second-order valence-electron chi connectivity index (χ2n) is 9.66. The molecule has 0 unspecified atom stereocenters. The molecule has 43 heavy (non-hydrogen) atoms. The molecule has 4 heterocycles. The number of halogens is 6. The Labute approximate surface area is 240 Å². The lowest BCUT2D eigenvalue weighted by molar-refractivity contribution is -0.193. The minimum absolute atomic E-state index is 0.229.